The molecule has 0 saturated carbocycles. The molecule has 1 amide bonds. The molecule has 1 aromatic carbocycles. The molecule has 0 bridgehead atoms. The van der Waals surface area contributed by atoms with Crippen LogP contribution in [0.3, 0.4) is 0 Å². The zero-order chi connectivity index (χ0) is 17.6. The van der Waals surface area contributed by atoms with Gasteiger partial charge in [0.15, 0.2) is 12.4 Å². The monoisotopic (exact) mass is 340 g/mol. The number of hydrogen-bond acceptors (Lipinski definition) is 5. The third-order valence-electron chi connectivity index (χ3n) is 3.65. The lowest BCUT2D eigenvalue weighted by atomic mass is 10.2. The van der Waals surface area contributed by atoms with E-state index in [1.807, 2.05) is 43.3 Å². The number of rotatable bonds is 8. The fraction of sp³-hybridized carbons (Fsp3) is 0.222. The average molecular weight is 340 g/mol. The van der Waals surface area contributed by atoms with Gasteiger partial charge < -0.3 is 20.2 Å². The number of furan rings is 1. The average Bonchev–Trinajstić information content (AvgIpc) is 3.22. The van der Waals surface area contributed by atoms with E-state index in [0.717, 1.165) is 28.3 Å². The maximum atomic E-state index is 10.7. The molecule has 3 aromatic rings. The van der Waals surface area contributed by atoms with Crippen molar-refractivity contribution in [1.82, 2.24) is 15.5 Å². The van der Waals surface area contributed by atoms with Crippen molar-refractivity contribution in [2.24, 2.45) is 5.73 Å². The number of hydrogen-bond donors (Lipinski definition) is 3. The first-order chi connectivity index (χ1) is 12.1. The highest BCUT2D eigenvalue weighted by atomic mass is 16.5. The lowest BCUT2D eigenvalue weighted by Gasteiger charge is -2.07. The molecule has 4 N–H and O–H groups in total. The number of aromatic nitrogens is 2. The zero-order valence-electron chi connectivity index (χ0n) is 13.9. The van der Waals surface area contributed by atoms with Gasteiger partial charge in [0.2, 0.25) is 0 Å². The maximum Gasteiger partial charge on any atom is 0.255 e. The molecule has 2 aromatic heterocycles. The number of aryl methyl sites for hydroxylation is 1. The minimum Gasteiger partial charge on any atom is -0.484 e. The van der Waals surface area contributed by atoms with Crippen LogP contribution in [0.5, 0.6) is 5.75 Å². The highest BCUT2D eigenvalue weighted by molar-refractivity contribution is 5.75. The minimum absolute atomic E-state index is 0.118. The molecular formula is C18H20N4O3. The number of aromatic amines is 1. The van der Waals surface area contributed by atoms with Crippen molar-refractivity contribution in [3.05, 3.63) is 59.5 Å². The van der Waals surface area contributed by atoms with Crippen molar-refractivity contribution in [2.45, 2.75) is 20.0 Å². The number of carbonyl (C=O) groups is 1. The molecule has 0 radical (unpaired) electrons. The van der Waals surface area contributed by atoms with E-state index in [9.17, 15) is 4.79 Å². The Morgan fingerprint density at radius 1 is 1.24 bits per heavy atom. The molecule has 0 aliphatic rings. The Bertz CT molecular complexity index is 836. The van der Waals surface area contributed by atoms with Crippen molar-refractivity contribution in [2.75, 3.05) is 6.61 Å². The van der Waals surface area contributed by atoms with Gasteiger partial charge >= 0.3 is 0 Å². The predicted molar refractivity (Wildman–Crippen MR) is 92.7 cm³/mol. The second-order valence-corrected chi connectivity index (χ2v) is 5.68. The molecule has 3 rings (SSSR count). The Morgan fingerprint density at radius 2 is 2.04 bits per heavy atom. The highest BCUT2D eigenvalue weighted by Gasteiger charge is 2.10. The van der Waals surface area contributed by atoms with E-state index in [1.54, 1.807) is 6.20 Å². The largest absolute Gasteiger partial charge is 0.484 e. The van der Waals surface area contributed by atoms with Gasteiger partial charge in [-0.3, -0.25) is 9.89 Å². The van der Waals surface area contributed by atoms with Crippen LogP contribution in [0.1, 0.15) is 16.9 Å². The fourth-order valence-electron chi connectivity index (χ4n) is 2.43. The third kappa shape index (κ3) is 4.48. The van der Waals surface area contributed by atoms with Gasteiger partial charge in [-0.15, -0.1) is 0 Å². The first kappa shape index (κ1) is 16.8. The van der Waals surface area contributed by atoms with Crippen molar-refractivity contribution in [3.63, 3.8) is 0 Å². The first-order valence-electron chi connectivity index (χ1n) is 7.91. The number of ether oxygens (including phenoxy) is 1. The van der Waals surface area contributed by atoms with Gasteiger partial charge in [-0.25, -0.2) is 0 Å². The van der Waals surface area contributed by atoms with Crippen LogP contribution in [0.4, 0.5) is 0 Å². The number of nitrogens with two attached hydrogens (primary N) is 1. The second kappa shape index (κ2) is 7.67. The summed E-state index contributed by atoms with van der Waals surface area (Å²) in [5.74, 6) is 1.77. The standard InChI is InChI=1S/C18H20N4O3/c1-12-2-7-16(25-12)18-14(10-21-22-18)9-20-8-13-3-5-15(6-4-13)24-11-17(19)23/h2-7,10,20H,8-9,11H2,1H3,(H2,19,23)(H,21,22). The third-order valence-corrected chi connectivity index (χ3v) is 3.65. The summed E-state index contributed by atoms with van der Waals surface area (Å²) in [7, 11) is 0. The van der Waals surface area contributed by atoms with E-state index in [0.29, 0.717) is 18.8 Å². The molecule has 2 heterocycles. The van der Waals surface area contributed by atoms with Gasteiger partial charge in [-0.2, -0.15) is 5.10 Å². The van der Waals surface area contributed by atoms with E-state index < -0.39 is 5.91 Å². The summed E-state index contributed by atoms with van der Waals surface area (Å²) in [6.07, 6.45) is 1.79. The summed E-state index contributed by atoms with van der Waals surface area (Å²) in [6, 6.07) is 11.4. The summed E-state index contributed by atoms with van der Waals surface area (Å²) < 4.78 is 10.9. The van der Waals surface area contributed by atoms with Gasteiger partial charge in [-0.1, -0.05) is 12.1 Å². The SMILES string of the molecule is Cc1ccc(-c2[nH]ncc2CNCc2ccc(OCC(N)=O)cc2)o1. The molecule has 0 aliphatic heterocycles. The molecule has 0 spiro atoms. The Hall–Kier alpha value is -3.06. The summed E-state index contributed by atoms with van der Waals surface area (Å²) >= 11 is 0. The van der Waals surface area contributed by atoms with Crippen LogP contribution in [-0.4, -0.2) is 22.7 Å². The summed E-state index contributed by atoms with van der Waals surface area (Å²) in [5.41, 5.74) is 8.07. The molecule has 25 heavy (non-hydrogen) atoms. The zero-order valence-corrected chi connectivity index (χ0v) is 13.9. The fourth-order valence-corrected chi connectivity index (χ4v) is 2.43. The Labute approximate surface area is 145 Å². The van der Waals surface area contributed by atoms with Gasteiger partial charge in [0.25, 0.3) is 5.91 Å². The van der Waals surface area contributed by atoms with Crippen molar-refractivity contribution in [3.8, 4) is 17.2 Å². The van der Waals surface area contributed by atoms with Crippen LogP contribution in [0, 0.1) is 6.92 Å². The van der Waals surface area contributed by atoms with E-state index in [-0.39, 0.29) is 6.61 Å². The van der Waals surface area contributed by atoms with Gasteiger partial charge in [0.05, 0.1) is 6.20 Å². The number of primary amides is 1. The van der Waals surface area contributed by atoms with Crippen LogP contribution in [0.2, 0.25) is 0 Å². The summed E-state index contributed by atoms with van der Waals surface area (Å²) in [6.45, 7) is 3.14. The van der Waals surface area contributed by atoms with Crippen molar-refractivity contribution >= 4 is 5.91 Å². The van der Waals surface area contributed by atoms with Gasteiger partial charge in [-0.05, 0) is 36.8 Å². The Morgan fingerprint density at radius 3 is 2.72 bits per heavy atom. The Balaban J connectivity index is 1.53. The van der Waals surface area contributed by atoms with Crippen LogP contribution in [0.25, 0.3) is 11.5 Å². The summed E-state index contributed by atoms with van der Waals surface area (Å²) in [5, 5.41) is 10.5. The molecule has 0 fully saturated rings. The molecule has 130 valence electrons. The van der Waals surface area contributed by atoms with E-state index in [1.165, 1.54) is 0 Å². The molecule has 7 heteroatoms. The number of amides is 1. The smallest absolute Gasteiger partial charge is 0.255 e. The topological polar surface area (TPSA) is 106 Å². The van der Waals surface area contributed by atoms with E-state index in [2.05, 4.69) is 15.5 Å². The molecule has 0 saturated heterocycles. The molecule has 0 aliphatic carbocycles. The van der Waals surface area contributed by atoms with Gasteiger partial charge in [0, 0.05) is 18.7 Å². The predicted octanol–water partition coefficient (Wildman–Crippen LogP) is 2.13. The van der Waals surface area contributed by atoms with Crippen molar-refractivity contribution < 1.29 is 13.9 Å². The van der Waals surface area contributed by atoms with Crippen LogP contribution in [0.15, 0.2) is 47.0 Å². The van der Waals surface area contributed by atoms with Crippen LogP contribution >= 0.6 is 0 Å². The lowest BCUT2D eigenvalue weighted by molar-refractivity contribution is -0.119. The number of carbonyl (C=O) groups excluding carboxylic acids is 1. The number of nitrogens with one attached hydrogen (secondary N) is 2. The Kier molecular flexibility index (Phi) is 5.15. The lowest BCUT2D eigenvalue weighted by Crippen LogP contribution is -2.20. The van der Waals surface area contributed by atoms with Crippen molar-refractivity contribution in [1.29, 1.82) is 0 Å². The second-order valence-electron chi connectivity index (χ2n) is 5.68. The number of H-pyrrole nitrogens is 1. The first-order valence-corrected chi connectivity index (χ1v) is 7.91. The highest BCUT2D eigenvalue weighted by Crippen LogP contribution is 2.23. The molecule has 0 atom stereocenters. The van der Waals surface area contributed by atoms with E-state index in [4.69, 9.17) is 14.9 Å². The maximum absolute atomic E-state index is 10.7. The minimum atomic E-state index is -0.492. The summed E-state index contributed by atoms with van der Waals surface area (Å²) in [4.78, 5) is 10.7. The number of nitrogens with zero attached hydrogens (tertiary/aromatic N) is 1. The van der Waals surface area contributed by atoms with Gasteiger partial charge in [0.1, 0.15) is 17.2 Å². The molecular weight excluding hydrogens is 320 g/mol. The number of benzene rings is 1. The quantitative estimate of drug-likeness (QED) is 0.582. The van der Waals surface area contributed by atoms with E-state index >= 15 is 0 Å². The molecule has 7 nitrogen and oxygen atoms in total. The normalized spacial score (nSPS) is 10.8. The van der Waals surface area contributed by atoms with Crippen LogP contribution < -0.4 is 15.8 Å². The molecule has 0 unspecified atom stereocenters. The van der Waals surface area contributed by atoms with Crippen LogP contribution in [-0.2, 0) is 17.9 Å².